The Morgan fingerprint density at radius 2 is 2.00 bits per heavy atom. The van der Waals surface area contributed by atoms with Gasteiger partial charge in [-0.3, -0.25) is 11.3 Å². The normalized spacial score (nSPS) is 13.1. The predicted molar refractivity (Wildman–Crippen MR) is 63.1 cm³/mol. The Hall–Kier alpha value is -1.35. The average molecular weight is 238 g/mol. The zero-order valence-electron chi connectivity index (χ0n) is 8.97. The molecule has 4 nitrogen and oxygen atoms in total. The molecule has 0 aliphatic carbocycles. The van der Waals surface area contributed by atoms with Crippen molar-refractivity contribution in [1.82, 2.24) is 5.43 Å². The highest BCUT2D eigenvalue weighted by atomic mass is 32.2. The molecule has 3 N–H and O–H groups in total. The molecule has 86 valence electrons. The molecule has 0 saturated carbocycles. The Kier molecular flexibility index (Phi) is 4.07. The van der Waals surface area contributed by atoms with Gasteiger partial charge in [0.05, 0.1) is 10.9 Å². The molecule has 0 aromatic heterocycles. The molecular weight excluding hydrogens is 224 g/mol. The zero-order valence-corrected chi connectivity index (χ0v) is 9.79. The minimum atomic E-state index is -3.16. The van der Waals surface area contributed by atoms with Crippen molar-refractivity contribution >= 4 is 9.84 Å². The maximum Gasteiger partial charge on any atom is 0.175 e. The number of sulfone groups is 1. The van der Waals surface area contributed by atoms with Crippen LogP contribution < -0.4 is 11.3 Å². The number of terminal acetylenes is 1. The summed E-state index contributed by atoms with van der Waals surface area (Å²) in [6.45, 7) is 0. The van der Waals surface area contributed by atoms with Crippen LogP contribution >= 0.6 is 0 Å². The summed E-state index contributed by atoms with van der Waals surface area (Å²) in [5.41, 5.74) is 3.45. The van der Waals surface area contributed by atoms with Gasteiger partial charge in [-0.05, 0) is 17.7 Å². The second kappa shape index (κ2) is 5.12. The SMILES string of the molecule is C#CCC(NN)c1ccc(S(C)(=O)=O)cc1. The highest BCUT2D eigenvalue weighted by Gasteiger charge is 2.10. The van der Waals surface area contributed by atoms with Crippen LogP contribution in [0.3, 0.4) is 0 Å². The van der Waals surface area contributed by atoms with E-state index >= 15 is 0 Å². The molecule has 1 unspecified atom stereocenters. The number of rotatable bonds is 4. The van der Waals surface area contributed by atoms with Gasteiger partial charge in [0.1, 0.15) is 0 Å². The van der Waals surface area contributed by atoms with E-state index in [0.29, 0.717) is 6.42 Å². The molecule has 0 heterocycles. The molecule has 0 aliphatic heterocycles. The number of benzene rings is 1. The first kappa shape index (κ1) is 12.7. The van der Waals surface area contributed by atoms with Crippen LogP contribution in [-0.4, -0.2) is 14.7 Å². The summed E-state index contributed by atoms with van der Waals surface area (Å²) >= 11 is 0. The molecule has 0 radical (unpaired) electrons. The van der Waals surface area contributed by atoms with Crippen LogP contribution in [0.4, 0.5) is 0 Å². The highest BCUT2D eigenvalue weighted by molar-refractivity contribution is 7.90. The van der Waals surface area contributed by atoms with Crippen molar-refractivity contribution in [2.45, 2.75) is 17.4 Å². The van der Waals surface area contributed by atoms with E-state index in [-0.39, 0.29) is 10.9 Å². The molecule has 0 fully saturated rings. The monoisotopic (exact) mass is 238 g/mol. The molecular formula is C11H14N2O2S. The number of nitrogens with one attached hydrogen (secondary N) is 1. The van der Waals surface area contributed by atoms with E-state index in [0.717, 1.165) is 5.56 Å². The summed E-state index contributed by atoms with van der Waals surface area (Å²) in [6, 6.07) is 6.35. The minimum Gasteiger partial charge on any atom is -0.271 e. The maximum absolute atomic E-state index is 11.2. The van der Waals surface area contributed by atoms with Gasteiger partial charge >= 0.3 is 0 Å². The van der Waals surface area contributed by atoms with Crippen molar-refractivity contribution < 1.29 is 8.42 Å². The van der Waals surface area contributed by atoms with Crippen LogP contribution in [0.25, 0.3) is 0 Å². The fourth-order valence-electron chi connectivity index (χ4n) is 1.34. The Morgan fingerprint density at radius 1 is 1.44 bits per heavy atom. The second-order valence-electron chi connectivity index (χ2n) is 3.47. The molecule has 0 aliphatic rings. The average Bonchev–Trinajstić information content (AvgIpc) is 2.25. The standard InChI is InChI=1S/C11H14N2O2S/c1-3-4-11(13-12)9-5-7-10(8-6-9)16(2,14)15/h1,5-8,11,13H,4,12H2,2H3. The quantitative estimate of drug-likeness (QED) is 0.458. The van der Waals surface area contributed by atoms with Gasteiger partial charge in [0, 0.05) is 12.7 Å². The maximum atomic E-state index is 11.2. The fraction of sp³-hybridized carbons (Fsp3) is 0.273. The van der Waals surface area contributed by atoms with Gasteiger partial charge in [-0.1, -0.05) is 12.1 Å². The third-order valence-electron chi connectivity index (χ3n) is 2.23. The minimum absolute atomic E-state index is 0.154. The smallest absolute Gasteiger partial charge is 0.175 e. The lowest BCUT2D eigenvalue weighted by atomic mass is 10.1. The first-order chi connectivity index (χ1) is 7.49. The third-order valence-corrected chi connectivity index (χ3v) is 3.36. The molecule has 0 amide bonds. The van der Waals surface area contributed by atoms with Crippen molar-refractivity contribution in [1.29, 1.82) is 0 Å². The molecule has 1 rings (SSSR count). The molecule has 16 heavy (non-hydrogen) atoms. The lowest BCUT2D eigenvalue weighted by Crippen LogP contribution is -2.27. The lowest BCUT2D eigenvalue weighted by molar-refractivity contribution is 0.567. The molecule has 0 saturated heterocycles. The van der Waals surface area contributed by atoms with E-state index in [4.69, 9.17) is 12.3 Å². The highest BCUT2D eigenvalue weighted by Crippen LogP contribution is 2.18. The topological polar surface area (TPSA) is 72.2 Å². The van der Waals surface area contributed by atoms with Gasteiger partial charge < -0.3 is 0 Å². The van der Waals surface area contributed by atoms with Crippen LogP contribution in [0.15, 0.2) is 29.2 Å². The molecule has 1 atom stereocenters. The number of hydrazine groups is 1. The van der Waals surface area contributed by atoms with E-state index in [1.54, 1.807) is 24.3 Å². The van der Waals surface area contributed by atoms with Crippen LogP contribution in [-0.2, 0) is 9.84 Å². The van der Waals surface area contributed by atoms with Crippen molar-refractivity contribution in [3.63, 3.8) is 0 Å². The second-order valence-corrected chi connectivity index (χ2v) is 5.48. The first-order valence-corrected chi connectivity index (χ1v) is 6.57. The molecule has 5 heteroatoms. The Morgan fingerprint density at radius 3 is 2.38 bits per heavy atom. The summed E-state index contributed by atoms with van der Waals surface area (Å²) in [6.07, 6.45) is 6.82. The van der Waals surface area contributed by atoms with E-state index < -0.39 is 9.84 Å². The molecule has 1 aromatic carbocycles. The van der Waals surface area contributed by atoms with Crippen LogP contribution in [0, 0.1) is 12.3 Å². The Balaban J connectivity index is 2.99. The summed E-state index contributed by atoms with van der Waals surface area (Å²) in [7, 11) is -3.16. The summed E-state index contributed by atoms with van der Waals surface area (Å²) in [5, 5.41) is 0. The van der Waals surface area contributed by atoms with E-state index in [1.165, 1.54) is 6.26 Å². The van der Waals surface area contributed by atoms with Crippen molar-refractivity contribution in [2.75, 3.05) is 6.26 Å². The zero-order chi connectivity index (χ0) is 12.2. The molecule has 0 bridgehead atoms. The van der Waals surface area contributed by atoms with E-state index in [1.807, 2.05) is 0 Å². The fourth-order valence-corrected chi connectivity index (χ4v) is 1.97. The number of hydrogen-bond donors (Lipinski definition) is 2. The van der Waals surface area contributed by atoms with Crippen molar-refractivity contribution in [2.24, 2.45) is 5.84 Å². The number of hydrogen-bond acceptors (Lipinski definition) is 4. The Bertz CT molecular complexity index is 486. The molecule has 1 aromatic rings. The summed E-state index contributed by atoms with van der Waals surface area (Å²) in [4.78, 5) is 0.285. The van der Waals surface area contributed by atoms with Gasteiger partial charge in [0.15, 0.2) is 9.84 Å². The van der Waals surface area contributed by atoms with Gasteiger partial charge in [0.25, 0.3) is 0 Å². The van der Waals surface area contributed by atoms with Crippen LogP contribution in [0.1, 0.15) is 18.0 Å². The van der Waals surface area contributed by atoms with Gasteiger partial charge in [-0.25, -0.2) is 8.42 Å². The third kappa shape index (κ3) is 3.07. The van der Waals surface area contributed by atoms with Gasteiger partial charge in [0.2, 0.25) is 0 Å². The largest absolute Gasteiger partial charge is 0.271 e. The first-order valence-electron chi connectivity index (χ1n) is 4.68. The van der Waals surface area contributed by atoms with E-state index in [2.05, 4.69) is 11.3 Å². The van der Waals surface area contributed by atoms with Gasteiger partial charge in [-0.2, -0.15) is 0 Å². The molecule has 0 spiro atoms. The van der Waals surface area contributed by atoms with Crippen molar-refractivity contribution in [3.05, 3.63) is 29.8 Å². The summed E-state index contributed by atoms with van der Waals surface area (Å²) < 4.78 is 22.5. The Labute approximate surface area is 95.7 Å². The lowest BCUT2D eigenvalue weighted by Gasteiger charge is -2.13. The summed E-state index contributed by atoms with van der Waals surface area (Å²) in [5.74, 6) is 7.85. The van der Waals surface area contributed by atoms with E-state index in [9.17, 15) is 8.42 Å². The predicted octanol–water partition coefficient (Wildman–Crippen LogP) is 0.618. The van der Waals surface area contributed by atoms with Crippen molar-refractivity contribution in [3.8, 4) is 12.3 Å². The number of nitrogens with two attached hydrogens (primary N) is 1. The van der Waals surface area contributed by atoms with Gasteiger partial charge in [-0.15, -0.1) is 12.3 Å². The van der Waals surface area contributed by atoms with Crippen LogP contribution in [0.5, 0.6) is 0 Å². The van der Waals surface area contributed by atoms with Crippen LogP contribution in [0.2, 0.25) is 0 Å².